The van der Waals surface area contributed by atoms with Gasteiger partial charge in [0.15, 0.2) is 0 Å². The van der Waals surface area contributed by atoms with E-state index in [1.807, 2.05) is 60.7 Å². The molecule has 3 heterocycles. The van der Waals surface area contributed by atoms with E-state index in [0.29, 0.717) is 13.2 Å². The molecule has 0 amide bonds. The first-order valence-corrected chi connectivity index (χ1v) is 9.25. The van der Waals surface area contributed by atoms with Gasteiger partial charge in [-0.05, 0) is 11.1 Å². The quantitative estimate of drug-likeness (QED) is 0.839. The number of benzene rings is 2. The van der Waals surface area contributed by atoms with E-state index in [-0.39, 0.29) is 6.10 Å². The van der Waals surface area contributed by atoms with Gasteiger partial charge in [0.1, 0.15) is 36.6 Å². The largest absolute Gasteiger partial charge is 0.387 e. The summed E-state index contributed by atoms with van der Waals surface area (Å²) in [4.78, 5) is 0. The first-order valence-electron chi connectivity index (χ1n) is 9.25. The molecule has 6 rings (SSSR count). The van der Waals surface area contributed by atoms with Crippen molar-refractivity contribution < 1.29 is 28.8 Å². The predicted octanol–water partition coefficient (Wildman–Crippen LogP) is 2.00. The van der Waals surface area contributed by atoms with Gasteiger partial charge in [-0.25, -0.2) is 0 Å². The molecule has 27 heavy (non-hydrogen) atoms. The molecule has 2 aromatic rings. The van der Waals surface area contributed by atoms with Gasteiger partial charge in [0, 0.05) is 0 Å². The van der Waals surface area contributed by atoms with Crippen LogP contribution >= 0.6 is 0 Å². The topological polar surface area (TPSA) is 66.4 Å². The van der Waals surface area contributed by atoms with Crippen molar-refractivity contribution >= 4 is 0 Å². The van der Waals surface area contributed by atoms with E-state index < -0.39 is 37.0 Å². The first-order chi connectivity index (χ1) is 13.3. The number of ether oxygens (including phenoxy) is 5. The lowest BCUT2D eigenvalue weighted by Crippen LogP contribution is -2.75. The highest BCUT2D eigenvalue weighted by molar-refractivity contribution is 5.15. The van der Waals surface area contributed by atoms with Gasteiger partial charge in [-0.3, -0.25) is 0 Å². The molecule has 4 bridgehead atoms. The van der Waals surface area contributed by atoms with Crippen molar-refractivity contribution in [2.24, 2.45) is 0 Å². The number of rotatable bonds is 6. The van der Waals surface area contributed by atoms with Crippen molar-refractivity contribution in [1.82, 2.24) is 0 Å². The number of hydrogen-bond donors (Lipinski definition) is 1. The summed E-state index contributed by atoms with van der Waals surface area (Å²) in [6.45, 7) is 0.0700. The fraction of sp³-hybridized carbons (Fsp3) is 0.429. The van der Waals surface area contributed by atoms with Crippen molar-refractivity contribution in [1.29, 1.82) is 0 Å². The van der Waals surface area contributed by atoms with Crippen molar-refractivity contribution in [2.75, 3.05) is 0 Å². The molecule has 1 aliphatic carbocycles. The summed E-state index contributed by atoms with van der Waals surface area (Å²) in [5.74, 6) is 0. The SMILES string of the molecule is OC1C2OC3OC(C2OCc2ccccc2)C(OCc2ccccc2)[C@@H]1O3. The van der Waals surface area contributed by atoms with Gasteiger partial charge in [0.2, 0.25) is 0 Å². The van der Waals surface area contributed by atoms with Crippen LogP contribution in [0.15, 0.2) is 60.7 Å². The fourth-order valence-corrected chi connectivity index (χ4v) is 4.00. The Morgan fingerprint density at radius 3 is 1.59 bits per heavy atom. The van der Waals surface area contributed by atoms with Gasteiger partial charge in [-0.2, -0.15) is 0 Å². The minimum absolute atomic E-state index is 0.344. The van der Waals surface area contributed by atoms with E-state index in [1.54, 1.807) is 0 Å². The third-order valence-corrected chi connectivity index (χ3v) is 5.34. The van der Waals surface area contributed by atoms with Crippen LogP contribution in [-0.4, -0.2) is 48.2 Å². The Morgan fingerprint density at radius 2 is 1.11 bits per heavy atom. The highest BCUT2D eigenvalue weighted by Gasteiger charge is 2.62. The molecule has 7 atom stereocenters. The Balaban J connectivity index is 1.31. The van der Waals surface area contributed by atoms with Gasteiger partial charge < -0.3 is 28.8 Å². The second kappa shape index (κ2) is 7.31. The molecule has 1 saturated carbocycles. The molecule has 0 aromatic heterocycles. The lowest BCUT2D eigenvalue weighted by molar-refractivity contribution is -0.487. The van der Waals surface area contributed by atoms with Crippen LogP contribution in [0.4, 0.5) is 0 Å². The Labute approximate surface area is 157 Å². The van der Waals surface area contributed by atoms with Gasteiger partial charge in [-0.1, -0.05) is 60.7 Å². The number of aliphatic hydroxyl groups is 1. The lowest BCUT2D eigenvalue weighted by Gasteiger charge is -2.57. The molecule has 4 fully saturated rings. The van der Waals surface area contributed by atoms with Crippen LogP contribution in [0.5, 0.6) is 0 Å². The number of aliphatic hydroxyl groups excluding tert-OH is 1. The van der Waals surface area contributed by atoms with Crippen LogP contribution in [0.1, 0.15) is 11.1 Å². The summed E-state index contributed by atoms with van der Waals surface area (Å²) in [6, 6.07) is 19.8. The molecule has 6 unspecified atom stereocenters. The molecule has 0 spiro atoms. The fourth-order valence-electron chi connectivity index (χ4n) is 4.00. The molecular formula is C21H22O6. The smallest absolute Gasteiger partial charge is 0.272 e. The zero-order valence-electron chi connectivity index (χ0n) is 14.7. The summed E-state index contributed by atoms with van der Waals surface area (Å²) in [7, 11) is 0. The maximum atomic E-state index is 10.7. The van der Waals surface area contributed by atoms with Crippen LogP contribution in [-0.2, 0) is 36.9 Å². The van der Waals surface area contributed by atoms with Crippen LogP contribution in [0, 0.1) is 0 Å². The van der Waals surface area contributed by atoms with Gasteiger partial charge in [-0.15, -0.1) is 0 Å². The average Bonchev–Trinajstić information content (AvgIpc) is 2.72. The Kier molecular flexibility index (Phi) is 4.69. The highest BCUT2D eigenvalue weighted by Crippen LogP contribution is 2.42. The van der Waals surface area contributed by atoms with Crippen LogP contribution < -0.4 is 0 Å². The van der Waals surface area contributed by atoms with Gasteiger partial charge >= 0.3 is 0 Å². The third-order valence-electron chi connectivity index (χ3n) is 5.34. The molecular weight excluding hydrogens is 348 g/mol. The van der Waals surface area contributed by atoms with E-state index in [2.05, 4.69) is 0 Å². The molecule has 1 N–H and O–H groups in total. The Hall–Kier alpha value is -1.80. The van der Waals surface area contributed by atoms with Gasteiger partial charge in [0.05, 0.1) is 13.2 Å². The molecule has 4 aliphatic rings. The normalized spacial score (nSPS) is 36.9. The van der Waals surface area contributed by atoms with E-state index in [0.717, 1.165) is 11.1 Å². The molecule has 2 aromatic carbocycles. The lowest BCUT2D eigenvalue weighted by atomic mass is 9.82. The standard InChI is InChI=1S/C21H22O6/c22-15-16-18(23-11-13-7-3-1-4-8-13)20-19(17(15)26-21(25-16)27-20)24-12-14-9-5-2-6-10-14/h1-10,15-22H,11-12H2/t15?,16-,17?,18?,19?,20?,21?/m1/s1. The van der Waals surface area contributed by atoms with Crippen molar-refractivity contribution in [3.05, 3.63) is 71.8 Å². The summed E-state index contributed by atoms with van der Waals surface area (Å²) in [5.41, 5.74) is 2.11. The van der Waals surface area contributed by atoms with E-state index in [4.69, 9.17) is 23.7 Å². The molecule has 142 valence electrons. The summed E-state index contributed by atoms with van der Waals surface area (Å²) < 4.78 is 29.4. The van der Waals surface area contributed by atoms with E-state index in [9.17, 15) is 5.11 Å². The second-order valence-electron chi connectivity index (χ2n) is 7.10. The number of hydrogen-bond acceptors (Lipinski definition) is 6. The Bertz CT molecular complexity index is 692. The van der Waals surface area contributed by atoms with E-state index in [1.165, 1.54) is 0 Å². The molecule has 3 saturated heterocycles. The Morgan fingerprint density at radius 1 is 0.667 bits per heavy atom. The molecule has 3 aliphatic heterocycles. The first kappa shape index (κ1) is 17.3. The third kappa shape index (κ3) is 3.29. The maximum Gasteiger partial charge on any atom is 0.272 e. The van der Waals surface area contributed by atoms with Crippen molar-refractivity contribution in [3.8, 4) is 0 Å². The van der Waals surface area contributed by atoms with Gasteiger partial charge in [0.25, 0.3) is 6.48 Å². The zero-order valence-corrected chi connectivity index (χ0v) is 14.7. The minimum atomic E-state index is -0.817. The summed E-state index contributed by atoms with van der Waals surface area (Å²) in [6.07, 6.45) is -2.96. The van der Waals surface area contributed by atoms with E-state index >= 15 is 0 Å². The predicted molar refractivity (Wildman–Crippen MR) is 94.5 cm³/mol. The van der Waals surface area contributed by atoms with Crippen LogP contribution in [0.3, 0.4) is 0 Å². The summed E-state index contributed by atoms with van der Waals surface area (Å²) in [5, 5.41) is 10.7. The summed E-state index contributed by atoms with van der Waals surface area (Å²) >= 11 is 0. The molecule has 6 heteroatoms. The maximum absolute atomic E-state index is 10.7. The highest BCUT2D eigenvalue weighted by atomic mass is 16.9. The second-order valence-corrected chi connectivity index (χ2v) is 7.10. The molecule has 6 nitrogen and oxygen atoms in total. The van der Waals surface area contributed by atoms with Crippen LogP contribution in [0.2, 0.25) is 0 Å². The molecule has 0 radical (unpaired) electrons. The average molecular weight is 370 g/mol. The zero-order chi connectivity index (χ0) is 18.2. The minimum Gasteiger partial charge on any atom is -0.387 e. The monoisotopic (exact) mass is 370 g/mol. The van der Waals surface area contributed by atoms with Crippen LogP contribution in [0.25, 0.3) is 0 Å². The van der Waals surface area contributed by atoms with Crippen molar-refractivity contribution in [3.63, 3.8) is 0 Å². The van der Waals surface area contributed by atoms with Crippen molar-refractivity contribution in [2.45, 2.75) is 56.3 Å².